The minimum atomic E-state index is 1.11. The van der Waals surface area contributed by atoms with Gasteiger partial charge >= 0.3 is 0 Å². The zero-order valence-electron chi connectivity index (χ0n) is 11.4. The maximum absolute atomic E-state index is 3.41. The van der Waals surface area contributed by atoms with Gasteiger partial charge in [0.1, 0.15) is 0 Å². The van der Waals surface area contributed by atoms with Gasteiger partial charge in [-0.1, -0.05) is 48.6 Å². The van der Waals surface area contributed by atoms with Gasteiger partial charge in [0.25, 0.3) is 0 Å². The predicted molar refractivity (Wildman–Crippen MR) is 84.6 cm³/mol. The minimum absolute atomic E-state index is 1.11. The molecule has 0 bridgehead atoms. The summed E-state index contributed by atoms with van der Waals surface area (Å²) in [4.78, 5) is 0. The fourth-order valence-corrected chi connectivity index (χ4v) is 1.87. The largest absolute Gasteiger partial charge is 0.356 e. The number of hydrogen-bond acceptors (Lipinski definition) is 1. The van der Waals surface area contributed by atoms with E-state index in [-0.39, 0.29) is 0 Å². The summed E-state index contributed by atoms with van der Waals surface area (Å²) in [5.74, 6) is 0. The molecule has 0 saturated carbocycles. The Balaban J connectivity index is 2.20. The van der Waals surface area contributed by atoms with Crippen molar-refractivity contribution < 1.29 is 0 Å². The van der Waals surface area contributed by atoms with Crippen molar-refractivity contribution in [3.8, 4) is 0 Å². The van der Waals surface area contributed by atoms with Gasteiger partial charge in [0.2, 0.25) is 0 Å². The maximum Gasteiger partial charge on any atom is 0.0390 e. The third-order valence-electron chi connectivity index (χ3n) is 2.92. The van der Waals surface area contributed by atoms with E-state index in [9.17, 15) is 0 Å². The molecule has 2 aromatic rings. The SMILES string of the molecule is C/C=C\C=C(/C)c1cccc(Nc2ccccc2)c1. The van der Waals surface area contributed by atoms with Crippen LogP contribution in [0.5, 0.6) is 0 Å². The summed E-state index contributed by atoms with van der Waals surface area (Å²) >= 11 is 0. The highest BCUT2D eigenvalue weighted by Gasteiger charge is 1.98. The molecule has 0 aliphatic heterocycles. The summed E-state index contributed by atoms with van der Waals surface area (Å²) in [6.45, 7) is 4.15. The summed E-state index contributed by atoms with van der Waals surface area (Å²) in [6, 6.07) is 18.7. The van der Waals surface area contributed by atoms with Crippen LogP contribution in [-0.4, -0.2) is 0 Å². The van der Waals surface area contributed by atoms with Crippen LogP contribution in [0.25, 0.3) is 5.57 Å². The van der Waals surface area contributed by atoms with E-state index in [0.717, 1.165) is 11.4 Å². The van der Waals surface area contributed by atoms with E-state index in [1.165, 1.54) is 11.1 Å². The quantitative estimate of drug-likeness (QED) is 0.714. The second-order valence-corrected chi connectivity index (χ2v) is 4.45. The molecule has 0 atom stereocenters. The number of anilines is 2. The maximum atomic E-state index is 3.41. The second kappa shape index (κ2) is 6.60. The van der Waals surface area contributed by atoms with Crippen LogP contribution < -0.4 is 5.32 Å². The molecule has 0 saturated heterocycles. The fraction of sp³-hybridized carbons (Fsp3) is 0.111. The van der Waals surface area contributed by atoms with Crippen molar-refractivity contribution >= 4 is 16.9 Å². The lowest BCUT2D eigenvalue weighted by molar-refractivity contribution is 1.51. The molecule has 1 N–H and O–H groups in total. The highest BCUT2D eigenvalue weighted by Crippen LogP contribution is 2.21. The van der Waals surface area contributed by atoms with E-state index >= 15 is 0 Å². The summed E-state index contributed by atoms with van der Waals surface area (Å²) in [5.41, 5.74) is 4.71. The summed E-state index contributed by atoms with van der Waals surface area (Å²) in [5, 5.41) is 3.41. The summed E-state index contributed by atoms with van der Waals surface area (Å²) < 4.78 is 0. The Morgan fingerprint density at radius 1 is 0.947 bits per heavy atom. The molecule has 0 amide bonds. The van der Waals surface area contributed by atoms with Gasteiger partial charge in [-0.25, -0.2) is 0 Å². The van der Waals surface area contributed by atoms with Crippen molar-refractivity contribution in [3.05, 3.63) is 78.4 Å². The van der Waals surface area contributed by atoms with Crippen molar-refractivity contribution in [2.75, 3.05) is 5.32 Å². The van der Waals surface area contributed by atoms with Crippen molar-refractivity contribution in [1.82, 2.24) is 0 Å². The van der Waals surface area contributed by atoms with E-state index < -0.39 is 0 Å². The van der Waals surface area contributed by atoms with Gasteiger partial charge in [-0.3, -0.25) is 0 Å². The molecular weight excluding hydrogens is 230 g/mol. The molecule has 0 aliphatic rings. The van der Waals surface area contributed by atoms with Crippen LogP contribution in [-0.2, 0) is 0 Å². The van der Waals surface area contributed by atoms with Gasteiger partial charge in [-0.15, -0.1) is 0 Å². The number of para-hydroxylation sites is 1. The van der Waals surface area contributed by atoms with E-state index in [1.807, 2.05) is 31.2 Å². The lowest BCUT2D eigenvalue weighted by Gasteiger charge is -2.08. The van der Waals surface area contributed by atoms with Gasteiger partial charge < -0.3 is 5.32 Å². The standard InChI is InChI=1S/C18H19N/c1-3-4-9-15(2)16-10-8-13-18(14-16)19-17-11-6-5-7-12-17/h3-14,19H,1-2H3/b4-3-,15-9+. The van der Waals surface area contributed by atoms with Crippen LogP contribution in [0, 0.1) is 0 Å². The summed E-state index contributed by atoms with van der Waals surface area (Å²) in [6.07, 6.45) is 6.23. The Morgan fingerprint density at radius 3 is 2.42 bits per heavy atom. The van der Waals surface area contributed by atoms with Crippen LogP contribution >= 0.6 is 0 Å². The number of hydrogen-bond donors (Lipinski definition) is 1. The molecule has 96 valence electrons. The first-order valence-electron chi connectivity index (χ1n) is 6.51. The van der Waals surface area contributed by atoms with Gasteiger partial charge in [-0.05, 0) is 49.2 Å². The lowest BCUT2D eigenvalue weighted by atomic mass is 10.1. The molecule has 2 aromatic carbocycles. The molecule has 2 rings (SSSR count). The van der Waals surface area contributed by atoms with Crippen LogP contribution in [0.4, 0.5) is 11.4 Å². The van der Waals surface area contributed by atoms with Crippen molar-refractivity contribution in [3.63, 3.8) is 0 Å². The molecule has 0 unspecified atom stereocenters. The number of nitrogens with one attached hydrogen (secondary N) is 1. The molecule has 1 heteroatoms. The predicted octanol–water partition coefficient (Wildman–Crippen LogP) is 5.41. The number of allylic oxidation sites excluding steroid dienone is 4. The second-order valence-electron chi connectivity index (χ2n) is 4.45. The average Bonchev–Trinajstić information content (AvgIpc) is 2.46. The molecule has 19 heavy (non-hydrogen) atoms. The van der Waals surface area contributed by atoms with Gasteiger partial charge in [0.15, 0.2) is 0 Å². The third-order valence-corrected chi connectivity index (χ3v) is 2.92. The molecule has 0 radical (unpaired) electrons. The smallest absolute Gasteiger partial charge is 0.0390 e. The molecule has 0 aromatic heterocycles. The third kappa shape index (κ3) is 3.85. The van der Waals surface area contributed by atoms with Gasteiger partial charge in [0, 0.05) is 11.4 Å². The first-order chi connectivity index (χ1) is 9.29. The Morgan fingerprint density at radius 2 is 1.68 bits per heavy atom. The molecule has 0 spiro atoms. The van der Waals surface area contributed by atoms with Crippen molar-refractivity contribution in [1.29, 1.82) is 0 Å². The minimum Gasteiger partial charge on any atom is -0.356 e. The van der Waals surface area contributed by atoms with Crippen molar-refractivity contribution in [2.24, 2.45) is 0 Å². The van der Waals surface area contributed by atoms with Gasteiger partial charge in [-0.2, -0.15) is 0 Å². The van der Waals surface area contributed by atoms with E-state index in [1.54, 1.807) is 0 Å². The first-order valence-corrected chi connectivity index (χ1v) is 6.51. The summed E-state index contributed by atoms with van der Waals surface area (Å²) in [7, 11) is 0. The zero-order chi connectivity index (χ0) is 13.5. The lowest BCUT2D eigenvalue weighted by Crippen LogP contribution is -1.90. The zero-order valence-corrected chi connectivity index (χ0v) is 11.4. The number of benzene rings is 2. The Kier molecular flexibility index (Phi) is 4.57. The average molecular weight is 249 g/mol. The van der Waals surface area contributed by atoms with E-state index in [4.69, 9.17) is 0 Å². The van der Waals surface area contributed by atoms with Crippen LogP contribution in [0.3, 0.4) is 0 Å². The van der Waals surface area contributed by atoms with E-state index in [2.05, 4.69) is 60.8 Å². The molecule has 0 aliphatic carbocycles. The Bertz CT molecular complexity index is 580. The van der Waals surface area contributed by atoms with Crippen LogP contribution in [0.2, 0.25) is 0 Å². The Hall–Kier alpha value is -2.28. The first kappa shape index (κ1) is 13.2. The fourth-order valence-electron chi connectivity index (χ4n) is 1.87. The number of rotatable bonds is 4. The monoisotopic (exact) mass is 249 g/mol. The van der Waals surface area contributed by atoms with Gasteiger partial charge in [0.05, 0.1) is 0 Å². The van der Waals surface area contributed by atoms with Crippen LogP contribution in [0.15, 0.2) is 72.8 Å². The highest BCUT2D eigenvalue weighted by atomic mass is 14.9. The normalized spacial score (nSPS) is 11.8. The Labute approximate surface area is 115 Å². The molecule has 0 fully saturated rings. The molecule has 1 nitrogen and oxygen atoms in total. The van der Waals surface area contributed by atoms with Crippen LogP contribution in [0.1, 0.15) is 19.4 Å². The highest BCUT2D eigenvalue weighted by molar-refractivity contribution is 5.70. The van der Waals surface area contributed by atoms with Crippen molar-refractivity contribution in [2.45, 2.75) is 13.8 Å². The molecule has 0 heterocycles. The molecular formula is C18H19N. The topological polar surface area (TPSA) is 12.0 Å². The van der Waals surface area contributed by atoms with E-state index in [0.29, 0.717) is 0 Å².